The van der Waals surface area contributed by atoms with Crippen LogP contribution in [0.5, 0.6) is 0 Å². The van der Waals surface area contributed by atoms with E-state index in [0.717, 1.165) is 15.7 Å². The van der Waals surface area contributed by atoms with E-state index in [4.69, 9.17) is 5.26 Å². The lowest BCUT2D eigenvalue weighted by molar-refractivity contribution is 1.42. The summed E-state index contributed by atoms with van der Waals surface area (Å²) in [5.41, 5.74) is 2.07. The minimum absolute atomic E-state index is 0.597. The molecule has 3 nitrogen and oxygen atoms in total. The Morgan fingerprint density at radius 3 is 2.87 bits per heavy atom. The van der Waals surface area contributed by atoms with Crippen molar-refractivity contribution in [2.45, 2.75) is 6.92 Å². The van der Waals surface area contributed by atoms with E-state index in [1.54, 1.807) is 6.19 Å². The van der Waals surface area contributed by atoms with Gasteiger partial charge in [-0.3, -0.25) is 0 Å². The van der Waals surface area contributed by atoms with Gasteiger partial charge in [-0.05, 0) is 36.9 Å². The summed E-state index contributed by atoms with van der Waals surface area (Å²) >= 11 is 4.83. The molecule has 0 saturated heterocycles. The zero-order valence-electron chi connectivity index (χ0n) is 8.41. The normalized spacial score (nSPS) is 10.9. The SMILES string of the molecule is CS/C(=N\C#N)Nc1ccc(Br)c(C)c1. The molecule has 0 saturated carbocycles. The van der Waals surface area contributed by atoms with Crippen LogP contribution in [0.15, 0.2) is 27.7 Å². The van der Waals surface area contributed by atoms with Crippen molar-refractivity contribution in [3.8, 4) is 6.19 Å². The number of amidine groups is 1. The summed E-state index contributed by atoms with van der Waals surface area (Å²) in [5.74, 6) is 0. The summed E-state index contributed by atoms with van der Waals surface area (Å²) in [6.45, 7) is 2.01. The summed E-state index contributed by atoms with van der Waals surface area (Å²) in [6, 6.07) is 5.88. The molecule has 0 radical (unpaired) electrons. The van der Waals surface area contributed by atoms with E-state index in [1.165, 1.54) is 11.8 Å². The van der Waals surface area contributed by atoms with Crippen LogP contribution in [-0.4, -0.2) is 11.4 Å². The van der Waals surface area contributed by atoms with E-state index in [2.05, 4.69) is 26.2 Å². The molecule has 0 spiro atoms. The first-order valence-corrected chi connectivity index (χ1v) is 6.23. The average molecular weight is 284 g/mol. The number of nitriles is 1. The Kier molecular flexibility index (Phi) is 4.66. The molecule has 0 fully saturated rings. The molecule has 15 heavy (non-hydrogen) atoms. The molecule has 0 unspecified atom stereocenters. The molecular formula is C10H10BrN3S. The van der Waals surface area contributed by atoms with Gasteiger partial charge in [-0.2, -0.15) is 5.26 Å². The lowest BCUT2D eigenvalue weighted by Gasteiger charge is -2.07. The Bertz CT molecular complexity index is 423. The second-order valence-corrected chi connectivity index (χ2v) is 4.46. The topological polar surface area (TPSA) is 48.2 Å². The van der Waals surface area contributed by atoms with Gasteiger partial charge in [0.15, 0.2) is 5.17 Å². The number of benzene rings is 1. The number of aliphatic imine (C=N–C) groups is 1. The van der Waals surface area contributed by atoms with Gasteiger partial charge in [0.25, 0.3) is 0 Å². The molecule has 0 aromatic heterocycles. The first kappa shape index (κ1) is 12.1. The summed E-state index contributed by atoms with van der Waals surface area (Å²) in [4.78, 5) is 3.65. The highest BCUT2D eigenvalue weighted by Gasteiger charge is 2.00. The van der Waals surface area contributed by atoms with Crippen LogP contribution < -0.4 is 5.32 Å². The van der Waals surface area contributed by atoms with Crippen LogP contribution in [-0.2, 0) is 0 Å². The Morgan fingerprint density at radius 1 is 1.60 bits per heavy atom. The lowest BCUT2D eigenvalue weighted by Crippen LogP contribution is -2.06. The van der Waals surface area contributed by atoms with Crippen molar-refractivity contribution >= 4 is 38.5 Å². The fourth-order valence-corrected chi connectivity index (χ4v) is 1.61. The van der Waals surface area contributed by atoms with Crippen LogP contribution in [0, 0.1) is 18.4 Å². The van der Waals surface area contributed by atoms with Gasteiger partial charge in [-0.15, -0.1) is 4.99 Å². The highest BCUT2D eigenvalue weighted by Crippen LogP contribution is 2.20. The van der Waals surface area contributed by atoms with E-state index >= 15 is 0 Å². The average Bonchev–Trinajstić information content (AvgIpc) is 2.23. The van der Waals surface area contributed by atoms with Crippen molar-refractivity contribution in [1.82, 2.24) is 0 Å². The summed E-state index contributed by atoms with van der Waals surface area (Å²) in [5, 5.41) is 12.1. The number of nitrogens with one attached hydrogen (secondary N) is 1. The minimum Gasteiger partial charge on any atom is -0.334 e. The van der Waals surface area contributed by atoms with E-state index in [1.807, 2.05) is 31.4 Å². The molecule has 1 N–H and O–H groups in total. The summed E-state index contributed by atoms with van der Waals surface area (Å²) < 4.78 is 1.07. The van der Waals surface area contributed by atoms with E-state index in [-0.39, 0.29) is 0 Å². The maximum absolute atomic E-state index is 8.45. The highest BCUT2D eigenvalue weighted by atomic mass is 79.9. The molecule has 0 aliphatic carbocycles. The lowest BCUT2D eigenvalue weighted by atomic mass is 10.2. The second-order valence-electron chi connectivity index (χ2n) is 2.81. The van der Waals surface area contributed by atoms with Crippen molar-refractivity contribution in [3.05, 3.63) is 28.2 Å². The number of thioether (sulfide) groups is 1. The predicted molar refractivity (Wildman–Crippen MR) is 69.1 cm³/mol. The first-order chi connectivity index (χ1) is 7.17. The molecule has 0 aliphatic heterocycles. The zero-order valence-corrected chi connectivity index (χ0v) is 10.8. The van der Waals surface area contributed by atoms with Crippen LogP contribution in [0.1, 0.15) is 5.56 Å². The third kappa shape index (κ3) is 3.57. The number of anilines is 1. The van der Waals surface area contributed by atoms with E-state index in [9.17, 15) is 0 Å². The van der Waals surface area contributed by atoms with Crippen molar-refractivity contribution in [2.75, 3.05) is 11.6 Å². The van der Waals surface area contributed by atoms with Gasteiger partial charge >= 0.3 is 0 Å². The minimum atomic E-state index is 0.597. The molecule has 1 aromatic rings. The summed E-state index contributed by atoms with van der Waals surface area (Å²) in [6.07, 6.45) is 3.63. The molecule has 0 bridgehead atoms. The Balaban J connectivity index is 2.86. The van der Waals surface area contributed by atoms with Gasteiger partial charge in [-0.1, -0.05) is 27.7 Å². The molecule has 0 amide bonds. The van der Waals surface area contributed by atoms with Crippen LogP contribution in [0.4, 0.5) is 5.69 Å². The number of rotatable bonds is 1. The third-order valence-electron chi connectivity index (χ3n) is 1.75. The number of hydrogen-bond donors (Lipinski definition) is 1. The monoisotopic (exact) mass is 283 g/mol. The molecule has 78 valence electrons. The smallest absolute Gasteiger partial charge is 0.208 e. The largest absolute Gasteiger partial charge is 0.334 e. The van der Waals surface area contributed by atoms with Crippen LogP contribution >= 0.6 is 27.7 Å². The van der Waals surface area contributed by atoms with Crippen molar-refractivity contribution in [2.24, 2.45) is 4.99 Å². The standard InChI is InChI=1S/C10H10BrN3S/c1-7-5-8(3-4-9(7)11)14-10(15-2)13-6-12/h3-5H,1-2H3,(H,13,14). The fraction of sp³-hybridized carbons (Fsp3) is 0.200. The van der Waals surface area contributed by atoms with E-state index in [0.29, 0.717) is 5.17 Å². The van der Waals surface area contributed by atoms with Gasteiger partial charge < -0.3 is 5.32 Å². The second kappa shape index (κ2) is 5.79. The molecule has 0 heterocycles. The van der Waals surface area contributed by atoms with Gasteiger partial charge in [0.1, 0.15) is 0 Å². The number of halogens is 1. The highest BCUT2D eigenvalue weighted by molar-refractivity contribution is 9.10. The Labute approximate surface area is 102 Å². The molecule has 1 aromatic carbocycles. The third-order valence-corrected chi connectivity index (χ3v) is 3.22. The van der Waals surface area contributed by atoms with Crippen LogP contribution in [0.25, 0.3) is 0 Å². The van der Waals surface area contributed by atoms with Crippen molar-refractivity contribution in [1.29, 1.82) is 5.26 Å². The zero-order chi connectivity index (χ0) is 11.3. The van der Waals surface area contributed by atoms with Crippen LogP contribution in [0.2, 0.25) is 0 Å². The molecule has 0 atom stereocenters. The molecule has 1 rings (SSSR count). The number of nitrogens with zero attached hydrogens (tertiary/aromatic N) is 2. The van der Waals surface area contributed by atoms with Gasteiger partial charge in [0, 0.05) is 10.2 Å². The molecule has 5 heteroatoms. The van der Waals surface area contributed by atoms with Gasteiger partial charge in [0.2, 0.25) is 6.19 Å². The first-order valence-electron chi connectivity index (χ1n) is 4.21. The van der Waals surface area contributed by atoms with Crippen LogP contribution in [0.3, 0.4) is 0 Å². The van der Waals surface area contributed by atoms with Crippen molar-refractivity contribution in [3.63, 3.8) is 0 Å². The Hall–Kier alpha value is -0.990. The molecule has 0 aliphatic rings. The molecular weight excluding hydrogens is 274 g/mol. The maximum atomic E-state index is 8.45. The maximum Gasteiger partial charge on any atom is 0.208 e. The predicted octanol–water partition coefficient (Wildman–Crippen LogP) is 3.37. The van der Waals surface area contributed by atoms with Gasteiger partial charge in [-0.25, -0.2) is 0 Å². The fourth-order valence-electron chi connectivity index (χ4n) is 1.02. The number of aryl methyl sites for hydroxylation is 1. The van der Waals surface area contributed by atoms with Gasteiger partial charge in [0.05, 0.1) is 0 Å². The van der Waals surface area contributed by atoms with E-state index < -0.39 is 0 Å². The number of hydrogen-bond acceptors (Lipinski definition) is 3. The summed E-state index contributed by atoms with van der Waals surface area (Å²) in [7, 11) is 0. The van der Waals surface area contributed by atoms with Crippen molar-refractivity contribution < 1.29 is 0 Å². The Morgan fingerprint density at radius 2 is 2.33 bits per heavy atom. The quantitative estimate of drug-likeness (QED) is 0.488.